The molecule has 0 spiro atoms. The maximum Gasteiger partial charge on any atom is 0.339 e. The van der Waals surface area contributed by atoms with Gasteiger partial charge in [0.25, 0.3) is 5.22 Å². The number of carbonyl (C=O) groups excluding carboxylic acids is 1. The molecule has 0 atom stereocenters. The number of ether oxygens (including phenoxy) is 1. The lowest BCUT2D eigenvalue weighted by Gasteiger charge is -2.01. The predicted molar refractivity (Wildman–Crippen MR) is 84.0 cm³/mol. The molecule has 0 saturated heterocycles. The summed E-state index contributed by atoms with van der Waals surface area (Å²) in [6, 6.07) is 9.04. The van der Waals surface area contributed by atoms with Crippen molar-refractivity contribution < 1.29 is 18.3 Å². The SMILES string of the molecule is CCOC(=O)c1ccc(Sc2nnc(-c3ccc(F)cc3)o2)nc1. The molecule has 0 amide bonds. The molecule has 0 unspecified atom stereocenters. The summed E-state index contributed by atoms with van der Waals surface area (Å²) in [6.07, 6.45) is 1.43. The lowest BCUT2D eigenvalue weighted by Crippen LogP contribution is -2.04. The molecule has 0 fully saturated rings. The molecule has 0 radical (unpaired) electrons. The third-order valence-electron chi connectivity index (χ3n) is 2.94. The summed E-state index contributed by atoms with van der Waals surface area (Å²) < 4.78 is 23.3. The minimum absolute atomic E-state index is 0.292. The quantitative estimate of drug-likeness (QED) is 0.654. The smallest absolute Gasteiger partial charge is 0.339 e. The maximum absolute atomic E-state index is 12.9. The van der Waals surface area contributed by atoms with Crippen LogP contribution in [0.3, 0.4) is 0 Å². The molecule has 24 heavy (non-hydrogen) atoms. The summed E-state index contributed by atoms with van der Waals surface area (Å²) in [4.78, 5) is 15.7. The van der Waals surface area contributed by atoms with Crippen LogP contribution < -0.4 is 0 Å². The van der Waals surface area contributed by atoms with E-state index in [0.29, 0.717) is 33.9 Å². The molecular formula is C16H12FN3O3S. The van der Waals surface area contributed by atoms with Crippen LogP contribution in [0.1, 0.15) is 17.3 Å². The molecule has 0 bridgehead atoms. The number of hydrogen-bond donors (Lipinski definition) is 0. The predicted octanol–water partition coefficient (Wildman–Crippen LogP) is 3.60. The van der Waals surface area contributed by atoms with E-state index >= 15 is 0 Å². The Hall–Kier alpha value is -2.74. The van der Waals surface area contributed by atoms with Crippen LogP contribution in [0.2, 0.25) is 0 Å². The zero-order valence-electron chi connectivity index (χ0n) is 12.6. The third kappa shape index (κ3) is 3.77. The normalized spacial score (nSPS) is 10.6. The van der Waals surface area contributed by atoms with Gasteiger partial charge in [0.1, 0.15) is 10.8 Å². The summed E-state index contributed by atoms with van der Waals surface area (Å²) in [5.41, 5.74) is 1.00. The van der Waals surface area contributed by atoms with Gasteiger partial charge in [0.05, 0.1) is 12.2 Å². The monoisotopic (exact) mass is 345 g/mol. The standard InChI is InChI=1S/C16H12FN3O3S/c1-2-22-15(21)11-5-8-13(18-9-11)24-16-20-19-14(23-16)10-3-6-12(17)7-4-10/h3-9H,2H2,1H3. The van der Waals surface area contributed by atoms with Crippen molar-refractivity contribution in [2.24, 2.45) is 0 Å². The molecular weight excluding hydrogens is 333 g/mol. The van der Waals surface area contributed by atoms with E-state index in [1.807, 2.05) is 0 Å². The number of benzene rings is 1. The van der Waals surface area contributed by atoms with Gasteiger partial charge in [-0.2, -0.15) is 0 Å². The fraction of sp³-hybridized carbons (Fsp3) is 0.125. The highest BCUT2D eigenvalue weighted by Gasteiger charge is 2.12. The Balaban J connectivity index is 1.70. The van der Waals surface area contributed by atoms with Gasteiger partial charge in [-0.15, -0.1) is 10.2 Å². The molecule has 6 nitrogen and oxygen atoms in total. The summed E-state index contributed by atoms with van der Waals surface area (Å²) in [5, 5.41) is 8.73. The van der Waals surface area contributed by atoms with Crippen LogP contribution in [0.15, 0.2) is 57.3 Å². The first-order valence-corrected chi connectivity index (χ1v) is 7.88. The lowest BCUT2D eigenvalue weighted by molar-refractivity contribution is 0.0525. The number of nitrogens with zero attached hydrogens (tertiary/aromatic N) is 3. The Labute approximate surface area is 141 Å². The van der Waals surface area contributed by atoms with Gasteiger partial charge in [-0.05, 0) is 55.1 Å². The van der Waals surface area contributed by atoms with Crippen molar-refractivity contribution >= 4 is 17.7 Å². The zero-order valence-corrected chi connectivity index (χ0v) is 13.4. The molecule has 3 rings (SSSR count). The molecule has 3 aromatic rings. The number of aromatic nitrogens is 3. The number of esters is 1. The Morgan fingerprint density at radius 3 is 2.67 bits per heavy atom. The highest BCUT2D eigenvalue weighted by molar-refractivity contribution is 7.99. The van der Waals surface area contributed by atoms with E-state index in [-0.39, 0.29) is 5.82 Å². The van der Waals surface area contributed by atoms with Crippen molar-refractivity contribution in [3.63, 3.8) is 0 Å². The van der Waals surface area contributed by atoms with Gasteiger partial charge < -0.3 is 9.15 Å². The molecule has 122 valence electrons. The van der Waals surface area contributed by atoms with E-state index in [4.69, 9.17) is 9.15 Å². The first-order chi connectivity index (χ1) is 11.7. The third-order valence-corrected chi connectivity index (χ3v) is 3.73. The van der Waals surface area contributed by atoms with Gasteiger partial charge in [0, 0.05) is 11.8 Å². The molecule has 0 N–H and O–H groups in total. The average molecular weight is 345 g/mol. The molecule has 0 aliphatic carbocycles. The Bertz CT molecular complexity index is 835. The zero-order chi connectivity index (χ0) is 16.9. The van der Waals surface area contributed by atoms with Crippen LogP contribution in [0.5, 0.6) is 0 Å². The van der Waals surface area contributed by atoms with Crippen LogP contribution in [0.25, 0.3) is 11.5 Å². The average Bonchev–Trinajstić information content (AvgIpc) is 3.05. The van der Waals surface area contributed by atoms with E-state index in [9.17, 15) is 9.18 Å². The first-order valence-electron chi connectivity index (χ1n) is 7.06. The lowest BCUT2D eigenvalue weighted by atomic mass is 10.2. The topological polar surface area (TPSA) is 78.1 Å². The molecule has 8 heteroatoms. The first kappa shape index (κ1) is 16.1. The van der Waals surface area contributed by atoms with Crippen LogP contribution in [-0.2, 0) is 4.74 Å². The number of halogens is 1. The van der Waals surface area contributed by atoms with Gasteiger partial charge in [-0.25, -0.2) is 14.2 Å². The fourth-order valence-corrected chi connectivity index (χ4v) is 2.45. The van der Waals surface area contributed by atoms with Gasteiger partial charge in [0.15, 0.2) is 0 Å². The van der Waals surface area contributed by atoms with Crippen LogP contribution in [-0.4, -0.2) is 27.8 Å². The van der Waals surface area contributed by atoms with Crippen molar-refractivity contribution in [2.75, 3.05) is 6.61 Å². The largest absolute Gasteiger partial charge is 0.462 e. The summed E-state index contributed by atoms with van der Waals surface area (Å²) in [6.45, 7) is 2.05. The second-order valence-corrected chi connectivity index (χ2v) is 5.56. The summed E-state index contributed by atoms with van der Waals surface area (Å²) >= 11 is 1.16. The number of hydrogen-bond acceptors (Lipinski definition) is 7. The van der Waals surface area contributed by atoms with Gasteiger partial charge in [0.2, 0.25) is 5.89 Å². The van der Waals surface area contributed by atoms with E-state index in [1.54, 1.807) is 31.2 Å². The number of carbonyl (C=O) groups is 1. The molecule has 0 aliphatic rings. The van der Waals surface area contributed by atoms with Crippen LogP contribution >= 0.6 is 11.8 Å². The molecule has 2 heterocycles. The molecule has 1 aromatic carbocycles. The van der Waals surface area contributed by atoms with Crippen LogP contribution in [0, 0.1) is 5.82 Å². The Kier molecular flexibility index (Phi) is 4.85. The fourth-order valence-electron chi connectivity index (χ4n) is 1.83. The van der Waals surface area contributed by atoms with Crippen molar-refractivity contribution in [1.29, 1.82) is 0 Å². The maximum atomic E-state index is 12.9. The molecule has 0 aliphatic heterocycles. The van der Waals surface area contributed by atoms with Gasteiger partial charge >= 0.3 is 5.97 Å². The number of pyridine rings is 1. The van der Waals surface area contributed by atoms with Crippen molar-refractivity contribution in [3.8, 4) is 11.5 Å². The second-order valence-electron chi connectivity index (χ2n) is 4.59. The van der Waals surface area contributed by atoms with E-state index < -0.39 is 5.97 Å². The summed E-state index contributed by atoms with van der Waals surface area (Å²) in [7, 11) is 0. The van der Waals surface area contributed by atoms with Gasteiger partial charge in [-0.1, -0.05) is 0 Å². The minimum atomic E-state index is -0.419. The highest BCUT2D eigenvalue weighted by atomic mass is 32.2. The minimum Gasteiger partial charge on any atom is -0.462 e. The van der Waals surface area contributed by atoms with E-state index in [2.05, 4.69) is 15.2 Å². The highest BCUT2D eigenvalue weighted by Crippen LogP contribution is 2.28. The van der Waals surface area contributed by atoms with E-state index in [1.165, 1.54) is 18.3 Å². The second kappa shape index (κ2) is 7.22. The van der Waals surface area contributed by atoms with E-state index in [0.717, 1.165) is 11.8 Å². The Morgan fingerprint density at radius 1 is 1.21 bits per heavy atom. The Morgan fingerprint density at radius 2 is 2.00 bits per heavy atom. The van der Waals surface area contributed by atoms with Crippen molar-refractivity contribution in [1.82, 2.24) is 15.2 Å². The van der Waals surface area contributed by atoms with Crippen molar-refractivity contribution in [2.45, 2.75) is 17.2 Å². The number of rotatable bonds is 5. The summed E-state index contributed by atoms with van der Waals surface area (Å²) in [5.74, 6) is -0.461. The van der Waals surface area contributed by atoms with Gasteiger partial charge in [-0.3, -0.25) is 0 Å². The molecule has 2 aromatic heterocycles. The molecule has 0 saturated carbocycles. The van der Waals surface area contributed by atoms with Crippen LogP contribution in [0.4, 0.5) is 4.39 Å². The van der Waals surface area contributed by atoms with Crippen molar-refractivity contribution in [3.05, 3.63) is 54.0 Å².